The van der Waals surface area contributed by atoms with Crippen molar-refractivity contribution in [2.24, 2.45) is 0 Å². The van der Waals surface area contributed by atoms with E-state index in [0.29, 0.717) is 18.1 Å². The Balaban J connectivity index is 1.51. The molecule has 0 unspecified atom stereocenters. The fraction of sp³-hybridized carbons (Fsp3) is 0.222. The Kier molecular flexibility index (Phi) is 5.15. The van der Waals surface area contributed by atoms with Gasteiger partial charge in [0.2, 0.25) is 11.7 Å². The van der Waals surface area contributed by atoms with Gasteiger partial charge in [0, 0.05) is 18.3 Å². The first-order valence-corrected chi connectivity index (χ1v) is 7.76. The summed E-state index contributed by atoms with van der Waals surface area (Å²) < 4.78 is 15.6. The van der Waals surface area contributed by atoms with Crippen molar-refractivity contribution in [3.05, 3.63) is 54.4 Å². The molecule has 7 nitrogen and oxygen atoms in total. The molecule has 0 saturated heterocycles. The second kappa shape index (κ2) is 7.67. The maximum Gasteiger partial charge on any atom is 0.238 e. The molecule has 2 heterocycles. The lowest BCUT2D eigenvalue weighted by atomic mass is 10.3. The van der Waals surface area contributed by atoms with Crippen molar-refractivity contribution < 1.29 is 18.5 Å². The van der Waals surface area contributed by atoms with Gasteiger partial charge in [-0.3, -0.25) is 9.69 Å². The van der Waals surface area contributed by atoms with Crippen molar-refractivity contribution in [1.29, 1.82) is 0 Å². The quantitative estimate of drug-likeness (QED) is 0.711. The molecule has 3 aromatic rings. The summed E-state index contributed by atoms with van der Waals surface area (Å²) in [4.78, 5) is 14.0. The summed E-state index contributed by atoms with van der Waals surface area (Å²) in [6.07, 6.45) is 1.58. The number of nitrogens with zero attached hydrogens (tertiary/aromatic N) is 2. The molecule has 1 N–H and O–H groups in total. The van der Waals surface area contributed by atoms with Crippen molar-refractivity contribution in [2.75, 3.05) is 26.0 Å². The van der Waals surface area contributed by atoms with E-state index >= 15 is 0 Å². The van der Waals surface area contributed by atoms with Crippen LogP contribution in [0, 0.1) is 0 Å². The number of benzene rings is 1. The highest BCUT2D eigenvalue weighted by Gasteiger charge is 2.13. The van der Waals surface area contributed by atoms with Crippen LogP contribution < -0.4 is 10.1 Å². The normalized spacial score (nSPS) is 10.8. The van der Waals surface area contributed by atoms with Gasteiger partial charge in [-0.15, -0.1) is 0 Å². The average Bonchev–Trinajstić information content (AvgIpc) is 3.26. The Morgan fingerprint density at radius 1 is 1.24 bits per heavy atom. The Hall–Kier alpha value is -3.06. The molecule has 3 rings (SSSR count). The van der Waals surface area contributed by atoms with Crippen molar-refractivity contribution in [3.63, 3.8) is 0 Å². The third-order valence-corrected chi connectivity index (χ3v) is 3.54. The minimum absolute atomic E-state index is 0.109. The van der Waals surface area contributed by atoms with Crippen LogP contribution >= 0.6 is 0 Å². The number of rotatable bonds is 7. The number of carbonyl (C=O) groups excluding carboxylic acids is 1. The number of methoxy groups -OCH3 is 1. The van der Waals surface area contributed by atoms with Crippen LogP contribution in [-0.4, -0.2) is 36.7 Å². The van der Waals surface area contributed by atoms with Crippen molar-refractivity contribution in [2.45, 2.75) is 6.54 Å². The number of carbonyl (C=O) groups is 1. The van der Waals surface area contributed by atoms with Gasteiger partial charge in [-0.2, -0.15) is 0 Å². The lowest BCUT2D eigenvalue weighted by Crippen LogP contribution is -2.29. The first-order chi connectivity index (χ1) is 12.1. The number of nitrogens with one attached hydrogen (secondary N) is 1. The maximum atomic E-state index is 12.1. The number of likely N-dealkylation sites (N-methyl/N-ethyl adjacent to an activating group) is 1. The predicted molar refractivity (Wildman–Crippen MR) is 92.2 cm³/mol. The van der Waals surface area contributed by atoms with Crippen molar-refractivity contribution >= 4 is 11.6 Å². The van der Waals surface area contributed by atoms with Crippen LogP contribution in [0.2, 0.25) is 0 Å². The van der Waals surface area contributed by atoms with E-state index in [1.165, 1.54) is 0 Å². The van der Waals surface area contributed by atoms with Crippen LogP contribution in [0.25, 0.3) is 11.5 Å². The molecule has 2 aromatic heterocycles. The van der Waals surface area contributed by atoms with Gasteiger partial charge in [-0.1, -0.05) is 5.16 Å². The minimum Gasteiger partial charge on any atom is -0.497 e. The third kappa shape index (κ3) is 4.48. The van der Waals surface area contributed by atoms with Crippen LogP contribution in [0.1, 0.15) is 5.69 Å². The molecule has 0 fully saturated rings. The molecule has 0 bridgehead atoms. The number of amides is 1. The summed E-state index contributed by atoms with van der Waals surface area (Å²) in [5.41, 5.74) is 1.45. The van der Waals surface area contributed by atoms with Crippen molar-refractivity contribution in [1.82, 2.24) is 10.1 Å². The lowest BCUT2D eigenvalue weighted by Gasteiger charge is -2.14. The monoisotopic (exact) mass is 341 g/mol. The molecule has 0 spiro atoms. The average molecular weight is 341 g/mol. The highest BCUT2D eigenvalue weighted by molar-refractivity contribution is 5.92. The third-order valence-electron chi connectivity index (χ3n) is 3.54. The van der Waals surface area contributed by atoms with Crippen LogP contribution in [0.15, 0.2) is 57.7 Å². The van der Waals surface area contributed by atoms with E-state index in [2.05, 4.69) is 10.5 Å². The summed E-state index contributed by atoms with van der Waals surface area (Å²) in [7, 11) is 3.44. The molecule has 0 atom stereocenters. The van der Waals surface area contributed by atoms with E-state index in [4.69, 9.17) is 13.7 Å². The number of ether oxygens (including phenoxy) is 1. The van der Waals surface area contributed by atoms with E-state index in [1.807, 2.05) is 11.9 Å². The van der Waals surface area contributed by atoms with Gasteiger partial charge in [0.1, 0.15) is 5.75 Å². The highest BCUT2D eigenvalue weighted by Crippen LogP contribution is 2.21. The Bertz CT molecular complexity index is 809. The number of furan rings is 1. The molecule has 0 aliphatic heterocycles. The van der Waals surface area contributed by atoms with E-state index in [1.54, 1.807) is 55.8 Å². The zero-order chi connectivity index (χ0) is 17.6. The minimum atomic E-state index is -0.109. The van der Waals surface area contributed by atoms with E-state index in [0.717, 1.165) is 17.1 Å². The van der Waals surface area contributed by atoms with E-state index in [9.17, 15) is 4.79 Å². The standard InChI is InChI=1S/C18H19N3O4/c1-21(11-14-10-17(25-20-14)16-4-3-9-24-16)12-18(22)19-13-5-7-15(23-2)8-6-13/h3-10H,11-12H2,1-2H3,(H,19,22). The molecule has 0 aliphatic carbocycles. The van der Waals surface area contributed by atoms with Gasteiger partial charge in [-0.05, 0) is 43.4 Å². The maximum absolute atomic E-state index is 12.1. The fourth-order valence-corrected chi connectivity index (χ4v) is 2.37. The summed E-state index contributed by atoms with van der Waals surface area (Å²) in [5, 5.41) is 6.84. The van der Waals surface area contributed by atoms with Gasteiger partial charge < -0.3 is 19.0 Å². The van der Waals surface area contributed by atoms with Gasteiger partial charge in [0.05, 0.1) is 25.6 Å². The first kappa shape index (κ1) is 16.8. The zero-order valence-electron chi connectivity index (χ0n) is 14.1. The molecule has 0 radical (unpaired) electrons. The smallest absolute Gasteiger partial charge is 0.238 e. The second-order valence-electron chi connectivity index (χ2n) is 5.61. The summed E-state index contributed by atoms with van der Waals surface area (Å²) in [6.45, 7) is 0.717. The van der Waals surface area contributed by atoms with E-state index < -0.39 is 0 Å². The van der Waals surface area contributed by atoms with Gasteiger partial charge in [-0.25, -0.2) is 0 Å². The SMILES string of the molecule is COc1ccc(NC(=O)CN(C)Cc2cc(-c3ccco3)on2)cc1. The van der Waals surface area contributed by atoms with Gasteiger partial charge in [0.15, 0.2) is 5.76 Å². The summed E-state index contributed by atoms with van der Waals surface area (Å²) >= 11 is 0. The molecule has 1 aromatic carbocycles. The molecular weight excluding hydrogens is 322 g/mol. The number of anilines is 1. The highest BCUT2D eigenvalue weighted by atomic mass is 16.5. The Morgan fingerprint density at radius 3 is 2.72 bits per heavy atom. The molecule has 0 saturated carbocycles. The predicted octanol–water partition coefficient (Wildman–Crippen LogP) is 3.01. The Morgan fingerprint density at radius 2 is 2.04 bits per heavy atom. The zero-order valence-corrected chi connectivity index (χ0v) is 14.1. The molecular formula is C18H19N3O4. The summed E-state index contributed by atoms with van der Waals surface area (Å²) in [5.74, 6) is 1.82. The summed E-state index contributed by atoms with van der Waals surface area (Å²) in [6, 6.07) is 12.6. The molecule has 130 valence electrons. The van der Waals surface area contributed by atoms with Crippen molar-refractivity contribution in [3.8, 4) is 17.3 Å². The van der Waals surface area contributed by atoms with Gasteiger partial charge in [0.25, 0.3) is 0 Å². The van der Waals surface area contributed by atoms with Crippen LogP contribution in [-0.2, 0) is 11.3 Å². The van der Waals surface area contributed by atoms with Crippen LogP contribution in [0.5, 0.6) is 5.75 Å². The topological polar surface area (TPSA) is 80.7 Å². The van der Waals surface area contributed by atoms with Crippen LogP contribution in [0.3, 0.4) is 0 Å². The molecule has 0 aliphatic rings. The second-order valence-corrected chi connectivity index (χ2v) is 5.61. The first-order valence-electron chi connectivity index (χ1n) is 7.76. The fourth-order valence-electron chi connectivity index (χ4n) is 2.37. The number of aromatic nitrogens is 1. The largest absolute Gasteiger partial charge is 0.497 e. The molecule has 1 amide bonds. The van der Waals surface area contributed by atoms with Gasteiger partial charge >= 0.3 is 0 Å². The number of hydrogen-bond acceptors (Lipinski definition) is 6. The lowest BCUT2D eigenvalue weighted by molar-refractivity contribution is -0.117. The number of hydrogen-bond donors (Lipinski definition) is 1. The van der Waals surface area contributed by atoms with Crippen LogP contribution in [0.4, 0.5) is 5.69 Å². The molecule has 7 heteroatoms. The van der Waals surface area contributed by atoms with E-state index in [-0.39, 0.29) is 12.5 Å². The Labute approximate surface area is 145 Å². The molecule has 25 heavy (non-hydrogen) atoms.